The molecule has 0 saturated carbocycles. The van der Waals surface area contributed by atoms with Crippen LogP contribution in [0.25, 0.3) is 0 Å². The van der Waals surface area contributed by atoms with E-state index in [0.717, 1.165) is 24.9 Å². The Morgan fingerprint density at radius 1 is 1.15 bits per heavy atom. The highest BCUT2D eigenvalue weighted by atomic mass is 16.2. The normalized spacial score (nSPS) is 30.7. The largest absolute Gasteiger partial charge is 0.396 e. The molecule has 0 amide bonds. The molecule has 0 spiro atoms. The molecule has 0 radical (unpaired) electrons. The lowest BCUT2D eigenvalue weighted by Gasteiger charge is -2.39. The van der Waals surface area contributed by atoms with Crippen LogP contribution in [0.5, 0.6) is 0 Å². The Kier molecular flexibility index (Phi) is 4.74. The fourth-order valence-corrected chi connectivity index (χ4v) is 2.32. The van der Waals surface area contributed by atoms with Gasteiger partial charge in [0.05, 0.1) is 0 Å². The molecule has 2 heteroatoms. The van der Waals surface area contributed by atoms with E-state index in [9.17, 15) is 0 Å². The molecule has 0 aromatic rings. The van der Waals surface area contributed by atoms with Crippen LogP contribution in [0.15, 0.2) is 0 Å². The molecule has 0 unspecified atom stereocenters. The van der Waals surface area contributed by atoms with Gasteiger partial charge in [-0.15, -0.1) is 0 Å². The lowest BCUT2D eigenvalue weighted by atomic mass is 9.97. The number of nitrogens with zero attached hydrogens (tertiary/aromatic N) is 1. The fraction of sp³-hybridized carbons (Fsp3) is 1.00. The molecule has 0 bridgehead atoms. The number of aliphatic hydroxyl groups is 1. The van der Waals surface area contributed by atoms with E-state index >= 15 is 0 Å². The van der Waals surface area contributed by atoms with E-state index in [0.29, 0.717) is 6.61 Å². The van der Waals surface area contributed by atoms with Gasteiger partial charge in [-0.1, -0.05) is 6.42 Å². The number of unbranched alkanes of at least 4 members (excludes halogenated alkanes) is 1. The predicted molar refractivity (Wildman–Crippen MR) is 55.8 cm³/mol. The van der Waals surface area contributed by atoms with Gasteiger partial charge in [-0.3, -0.25) is 4.90 Å². The van der Waals surface area contributed by atoms with Crippen LogP contribution in [-0.2, 0) is 0 Å². The quantitative estimate of drug-likeness (QED) is 0.677. The molecule has 0 aromatic carbocycles. The summed E-state index contributed by atoms with van der Waals surface area (Å²) in [7, 11) is 0. The second-order valence-corrected chi connectivity index (χ2v) is 4.30. The van der Waals surface area contributed by atoms with Crippen LogP contribution < -0.4 is 0 Å². The highest BCUT2D eigenvalue weighted by Crippen LogP contribution is 2.22. The summed E-state index contributed by atoms with van der Waals surface area (Å²) in [6, 6.07) is 1.50. The SMILES string of the molecule is C[C@@H]1CCC[C@H](C)N1CCCCO. The third kappa shape index (κ3) is 3.28. The van der Waals surface area contributed by atoms with Crippen molar-refractivity contribution in [3.8, 4) is 0 Å². The zero-order valence-corrected chi connectivity index (χ0v) is 9.00. The fourth-order valence-electron chi connectivity index (χ4n) is 2.32. The van der Waals surface area contributed by atoms with Gasteiger partial charge in [0.2, 0.25) is 0 Å². The summed E-state index contributed by atoms with van der Waals surface area (Å²) in [4.78, 5) is 2.60. The number of rotatable bonds is 4. The van der Waals surface area contributed by atoms with Gasteiger partial charge in [0.25, 0.3) is 0 Å². The van der Waals surface area contributed by atoms with Gasteiger partial charge >= 0.3 is 0 Å². The number of hydrogen-bond acceptors (Lipinski definition) is 2. The smallest absolute Gasteiger partial charge is 0.0431 e. The molecule has 1 rings (SSSR count). The van der Waals surface area contributed by atoms with Crippen LogP contribution in [0.3, 0.4) is 0 Å². The number of piperidine rings is 1. The second kappa shape index (κ2) is 5.61. The molecule has 1 N–H and O–H groups in total. The first-order chi connectivity index (χ1) is 6.25. The summed E-state index contributed by atoms with van der Waals surface area (Å²) in [5, 5.41) is 8.71. The second-order valence-electron chi connectivity index (χ2n) is 4.30. The Morgan fingerprint density at radius 2 is 1.77 bits per heavy atom. The molecule has 1 saturated heterocycles. The predicted octanol–water partition coefficient (Wildman–Crippen LogP) is 2.02. The van der Waals surface area contributed by atoms with Crippen molar-refractivity contribution < 1.29 is 5.11 Å². The molecule has 13 heavy (non-hydrogen) atoms. The van der Waals surface area contributed by atoms with E-state index in [1.807, 2.05) is 0 Å². The first-order valence-corrected chi connectivity index (χ1v) is 5.62. The van der Waals surface area contributed by atoms with E-state index in [4.69, 9.17) is 5.11 Å². The number of aliphatic hydroxyl groups excluding tert-OH is 1. The van der Waals surface area contributed by atoms with Crippen LogP contribution in [0.4, 0.5) is 0 Å². The number of hydrogen-bond donors (Lipinski definition) is 1. The zero-order chi connectivity index (χ0) is 9.68. The lowest BCUT2D eigenvalue weighted by molar-refractivity contribution is 0.0990. The van der Waals surface area contributed by atoms with Crippen molar-refractivity contribution in [2.45, 2.75) is 58.0 Å². The first-order valence-electron chi connectivity index (χ1n) is 5.62. The average Bonchev–Trinajstić information content (AvgIpc) is 2.10. The Balaban J connectivity index is 2.26. The summed E-state index contributed by atoms with van der Waals surface area (Å²) < 4.78 is 0. The van der Waals surface area contributed by atoms with Crippen molar-refractivity contribution >= 4 is 0 Å². The molecule has 1 heterocycles. The standard InChI is InChI=1S/C11H23NO/c1-10-6-5-7-11(2)12(10)8-3-4-9-13/h10-11,13H,3-9H2,1-2H3/t10-,11+. The molecular formula is C11H23NO. The van der Waals surface area contributed by atoms with Gasteiger partial charge in [-0.05, 0) is 46.1 Å². The van der Waals surface area contributed by atoms with Crippen molar-refractivity contribution in [2.75, 3.05) is 13.2 Å². The zero-order valence-electron chi connectivity index (χ0n) is 9.00. The van der Waals surface area contributed by atoms with E-state index in [1.54, 1.807) is 0 Å². The van der Waals surface area contributed by atoms with Crippen molar-refractivity contribution in [1.29, 1.82) is 0 Å². The van der Waals surface area contributed by atoms with Crippen molar-refractivity contribution in [1.82, 2.24) is 4.90 Å². The van der Waals surface area contributed by atoms with Gasteiger partial charge in [-0.25, -0.2) is 0 Å². The van der Waals surface area contributed by atoms with Gasteiger partial charge in [0.15, 0.2) is 0 Å². The van der Waals surface area contributed by atoms with Gasteiger partial charge in [-0.2, -0.15) is 0 Å². The van der Waals surface area contributed by atoms with Gasteiger partial charge in [0, 0.05) is 18.7 Å². The molecule has 2 atom stereocenters. The summed E-state index contributed by atoms with van der Waals surface area (Å²) >= 11 is 0. The van der Waals surface area contributed by atoms with Crippen LogP contribution in [0, 0.1) is 0 Å². The monoisotopic (exact) mass is 185 g/mol. The molecule has 0 aromatic heterocycles. The van der Waals surface area contributed by atoms with Crippen molar-refractivity contribution in [3.63, 3.8) is 0 Å². The molecular weight excluding hydrogens is 162 g/mol. The van der Waals surface area contributed by atoms with Gasteiger partial charge in [0.1, 0.15) is 0 Å². The Hall–Kier alpha value is -0.0800. The summed E-state index contributed by atoms with van der Waals surface area (Å²) in [6.45, 7) is 6.17. The lowest BCUT2D eigenvalue weighted by Crippen LogP contribution is -2.44. The van der Waals surface area contributed by atoms with Gasteiger partial charge < -0.3 is 5.11 Å². The Labute approximate surface area is 81.9 Å². The van der Waals surface area contributed by atoms with Crippen LogP contribution in [0.1, 0.15) is 46.0 Å². The minimum atomic E-state index is 0.344. The minimum absolute atomic E-state index is 0.344. The third-order valence-electron chi connectivity index (χ3n) is 3.20. The maximum absolute atomic E-state index is 8.71. The minimum Gasteiger partial charge on any atom is -0.396 e. The Bertz CT molecular complexity index is 128. The molecule has 2 nitrogen and oxygen atoms in total. The molecule has 78 valence electrons. The van der Waals surface area contributed by atoms with E-state index in [1.165, 1.54) is 25.8 Å². The number of likely N-dealkylation sites (tertiary alicyclic amines) is 1. The molecule has 1 aliphatic rings. The average molecular weight is 185 g/mol. The van der Waals surface area contributed by atoms with Crippen molar-refractivity contribution in [3.05, 3.63) is 0 Å². The van der Waals surface area contributed by atoms with E-state index in [2.05, 4.69) is 18.7 Å². The first kappa shape index (κ1) is 11.0. The van der Waals surface area contributed by atoms with Crippen LogP contribution in [-0.4, -0.2) is 35.2 Å². The van der Waals surface area contributed by atoms with Crippen LogP contribution in [0.2, 0.25) is 0 Å². The van der Waals surface area contributed by atoms with Crippen LogP contribution >= 0.6 is 0 Å². The Morgan fingerprint density at radius 3 is 2.31 bits per heavy atom. The maximum Gasteiger partial charge on any atom is 0.0431 e. The third-order valence-corrected chi connectivity index (χ3v) is 3.20. The van der Waals surface area contributed by atoms with E-state index in [-0.39, 0.29) is 0 Å². The molecule has 0 aliphatic carbocycles. The molecule has 1 aliphatic heterocycles. The summed E-state index contributed by atoms with van der Waals surface area (Å²) in [6.07, 6.45) is 6.19. The van der Waals surface area contributed by atoms with E-state index < -0.39 is 0 Å². The van der Waals surface area contributed by atoms with Crippen molar-refractivity contribution in [2.24, 2.45) is 0 Å². The summed E-state index contributed by atoms with van der Waals surface area (Å²) in [5.41, 5.74) is 0. The highest BCUT2D eigenvalue weighted by Gasteiger charge is 2.23. The maximum atomic E-state index is 8.71. The molecule has 1 fully saturated rings. The highest BCUT2D eigenvalue weighted by molar-refractivity contribution is 4.79. The topological polar surface area (TPSA) is 23.5 Å². The summed E-state index contributed by atoms with van der Waals surface area (Å²) in [5.74, 6) is 0.